The van der Waals surface area contributed by atoms with Crippen molar-refractivity contribution in [2.24, 2.45) is 0 Å². The lowest BCUT2D eigenvalue weighted by atomic mass is 9.91. The number of nitrogens with one attached hydrogen (secondary N) is 1. The van der Waals surface area contributed by atoms with E-state index in [0.717, 1.165) is 6.54 Å². The maximum atomic E-state index is 3.80. The van der Waals surface area contributed by atoms with Crippen LogP contribution >= 0.6 is 11.8 Å². The van der Waals surface area contributed by atoms with Crippen LogP contribution in [0.1, 0.15) is 29.9 Å². The molecule has 0 aliphatic carbocycles. The largest absolute Gasteiger partial charge is 0.312 e. The van der Waals surface area contributed by atoms with Crippen molar-refractivity contribution in [2.75, 3.05) is 18.1 Å². The molecule has 0 saturated carbocycles. The summed E-state index contributed by atoms with van der Waals surface area (Å²) in [5.41, 5.74) is 2.80. The van der Waals surface area contributed by atoms with Crippen molar-refractivity contribution in [1.82, 2.24) is 5.32 Å². The second-order valence-corrected chi connectivity index (χ2v) is 6.85. The van der Waals surface area contributed by atoms with Crippen LogP contribution in [0.3, 0.4) is 0 Å². The molecule has 21 heavy (non-hydrogen) atoms. The smallest absolute Gasteiger partial charge is 0.0214 e. The van der Waals surface area contributed by atoms with E-state index in [1.165, 1.54) is 35.5 Å². The van der Waals surface area contributed by atoms with Gasteiger partial charge < -0.3 is 5.32 Å². The molecule has 1 nitrogen and oxygen atoms in total. The summed E-state index contributed by atoms with van der Waals surface area (Å²) in [7, 11) is 0. The summed E-state index contributed by atoms with van der Waals surface area (Å²) >= 11 is 2.08. The van der Waals surface area contributed by atoms with Crippen molar-refractivity contribution in [3.63, 3.8) is 0 Å². The zero-order chi connectivity index (χ0) is 14.3. The van der Waals surface area contributed by atoms with Crippen LogP contribution in [0.15, 0.2) is 60.7 Å². The fourth-order valence-corrected chi connectivity index (χ4v) is 4.09. The lowest BCUT2D eigenvalue weighted by Gasteiger charge is -2.26. The first-order valence-corrected chi connectivity index (χ1v) is 9.00. The third-order valence-electron chi connectivity index (χ3n) is 4.17. The molecule has 0 amide bonds. The van der Waals surface area contributed by atoms with Crippen LogP contribution in [0, 0.1) is 0 Å². The van der Waals surface area contributed by atoms with Gasteiger partial charge in [0.2, 0.25) is 0 Å². The average molecular weight is 297 g/mol. The fraction of sp³-hybridized carbons (Fsp3) is 0.368. The maximum Gasteiger partial charge on any atom is 0.0214 e. The van der Waals surface area contributed by atoms with Crippen molar-refractivity contribution in [3.8, 4) is 0 Å². The monoisotopic (exact) mass is 297 g/mol. The summed E-state index contributed by atoms with van der Waals surface area (Å²) in [6, 6.07) is 22.4. The average Bonchev–Trinajstić information content (AvgIpc) is 2.58. The van der Waals surface area contributed by atoms with Gasteiger partial charge in [-0.1, -0.05) is 60.7 Å². The van der Waals surface area contributed by atoms with Gasteiger partial charge in [-0.05, 0) is 29.7 Å². The van der Waals surface area contributed by atoms with Crippen LogP contribution in [0.25, 0.3) is 0 Å². The van der Waals surface area contributed by atoms with Crippen molar-refractivity contribution < 1.29 is 0 Å². The van der Waals surface area contributed by atoms with E-state index in [4.69, 9.17) is 0 Å². The highest BCUT2D eigenvalue weighted by atomic mass is 32.2. The molecule has 0 radical (unpaired) electrons. The SMILES string of the molecule is c1ccc(C(CNC2CCCSC2)c2ccccc2)cc1. The third-order valence-corrected chi connectivity index (χ3v) is 5.39. The number of hydrogen-bond donors (Lipinski definition) is 1. The Morgan fingerprint density at radius 3 is 2.10 bits per heavy atom. The summed E-state index contributed by atoms with van der Waals surface area (Å²) in [6.45, 7) is 1.03. The molecule has 110 valence electrons. The molecule has 1 aliphatic heterocycles. The van der Waals surface area contributed by atoms with Crippen molar-refractivity contribution >= 4 is 11.8 Å². The maximum absolute atomic E-state index is 3.80. The number of hydrogen-bond acceptors (Lipinski definition) is 2. The molecule has 1 aliphatic rings. The second kappa shape index (κ2) is 7.67. The molecule has 1 heterocycles. The van der Waals surface area contributed by atoms with Gasteiger partial charge in [0.25, 0.3) is 0 Å². The van der Waals surface area contributed by atoms with Crippen molar-refractivity contribution in [1.29, 1.82) is 0 Å². The number of thioether (sulfide) groups is 1. The highest BCUT2D eigenvalue weighted by Crippen LogP contribution is 2.25. The molecule has 0 aromatic heterocycles. The van der Waals surface area contributed by atoms with Crippen LogP contribution < -0.4 is 5.32 Å². The fourth-order valence-electron chi connectivity index (χ4n) is 2.99. The van der Waals surface area contributed by atoms with Crippen LogP contribution in [0.4, 0.5) is 0 Å². The first kappa shape index (κ1) is 14.7. The van der Waals surface area contributed by atoms with Gasteiger partial charge in [0, 0.05) is 24.3 Å². The zero-order valence-electron chi connectivity index (χ0n) is 12.4. The number of rotatable bonds is 5. The third kappa shape index (κ3) is 4.12. The van der Waals surface area contributed by atoms with Gasteiger partial charge in [0.1, 0.15) is 0 Å². The molecular weight excluding hydrogens is 274 g/mol. The molecule has 1 unspecified atom stereocenters. The molecule has 1 fully saturated rings. The van der Waals surface area contributed by atoms with Gasteiger partial charge in [-0.25, -0.2) is 0 Å². The van der Waals surface area contributed by atoms with E-state index < -0.39 is 0 Å². The Bertz CT molecular complexity index is 480. The lowest BCUT2D eigenvalue weighted by Crippen LogP contribution is -2.36. The molecule has 2 heteroatoms. The Hall–Kier alpha value is -1.25. The van der Waals surface area contributed by atoms with Crippen molar-refractivity contribution in [2.45, 2.75) is 24.8 Å². The summed E-state index contributed by atoms with van der Waals surface area (Å²) < 4.78 is 0. The van der Waals surface area contributed by atoms with Gasteiger partial charge in [-0.3, -0.25) is 0 Å². The molecular formula is C19H23NS. The predicted octanol–water partition coefficient (Wildman–Crippen LogP) is 4.30. The minimum atomic E-state index is 0.444. The Balaban J connectivity index is 1.73. The van der Waals surface area contributed by atoms with Gasteiger partial charge >= 0.3 is 0 Å². The van der Waals surface area contributed by atoms with Crippen LogP contribution in [-0.4, -0.2) is 24.1 Å². The summed E-state index contributed by atoms with van der Waals surface area (Å²) in [6.07, 6.45) is 2.67. The Morgan fingerprint density at radius 1 is 0.952 bits per heavy atom. The van der Waals surface area contributed by atoms with E-state index in [2.05, 4.69) is 77.7 Å². The number of benzene rings is 2. The topological polar surface area (TPSA) is 12.0 Å². The standard InChI is InChI=1S/C19H23NS/c1-3-8-16(9-4-1)19(17-10-5-2-6-11-17)14-20-18-12-7-13-21-15-18/h1-6,8-11,18-20H,7,12-15H2. The summed E-state index contributed by atoms with van der Waals surface area (Å²) in [4.78, 5) is 0. The highest BCUT2D eigenvalue weighted by Gasteiger charge is 2.18. The van der Waals surface area contributed by atoms with E-state index >= 15 is 0 Å². The van der Waals surface area contributed by atoms with Crippen LogP contribution in [0.5, 0.6) is 0 Å². The molecule has 0 spiro atoms. The Kier molecular flexibility index (Phi) is 5.36. The van der Waals surface area contributed by atoms with E-state index in [0.29, 0.717) is 12.0 Å². The molecule has 3 rings (SSSR count). The Labute approximate surface area is 132 Å². The summed E-state index contributed by atoms with van der Waals surface area (Å²) in [5.74, 6) is 3.04. The molecule has 2 aromatic carbocycles. The minimum Gasteiger partial charge on any atom is -0.312 e. The van der Waals surface area contributed by atoms with Crippen LogP contribution in [0.2, 0.25) is 0 Å². The lowest BCUT2D eigenvalue weighted by molar-refractivity contribution is 0.495. The van der Waals surface area contributed by atoms with E-state index in [1.54, 1.807) is 0 Å². The van der Waals surface area contributed by atoms with Gasteiger partial charge in [-0.15, -0.1) is 0 Å². The highest BCUT2D eigenvalue weighted by molar-refractivity contribution is 7.99. The van der Waals surface area contributed by atoms with Crippen LogP contribution in [-0.2, 0) is 0 Å². The zero-order valence-corrected chi connectivity index (χ0v) is 13.2. The quantitative estimate of drug-likeness (QED) is 0.883. The molecule has 0 bridgehead atoms. The summed E-state index contributed by atoms with van der Waals surface area (Å²) in [5, 5.41) is 3.80. The minimum absolute atomic E-state index is 0.444. The molecule has 1 saturated heterocycles. The van der Waals surface area contributed by atoms with Crippen molar-refractivity contribution in [3.05, 3.63) is 71.8 Å². The molecule has 1 N–H and O–H groups in total. The van der Waals surface area contributed by atoms with Gasteiger partial charge in [0.15, 0.2) is 0 Å². The first-order chi connectivity index (χ1) is 10.4. The predicted molar refractivity (Wildman–Crippen MR) is 93.1 cm³/mol. The normalized spacial score (nSPS) is 18.8. The first-order valence-electron chi connectivity index (χ1n) is 7.84. The van der Waals surface area contributed by atoms with E-state index in [9.17, 15) is 0 Å². The van der Waals surface area contributed by atoms with E-state index in [-0.39, 0.29) is 0 Å². The van der Waals surface area contributed by atoms with Gasteiger partial charge in [0.05, 0.1) is 0 Å². The second-order valence-electron chi connectivity index (χ2n) is 5.70. The molecule has 2 aromatic rings. The van der Waals surface area contributed by atoms with Gasteiger partial charge in [-0.2, -0.15) is 11.8 Å². The molecule has 1 atom stereocenters. The van der Waals surface area contributed by atoms with E-state index in [1.807, 2.05) is 0 Å². The Morgan fingerprint density at radius 2 is 1.57 bits per heavy atom.